The van der Waals surface area contributed by atoms with Gasteiger partial charge in [-0.25, -0.2) is 8.42 Å². The van der Waals surface area contributed by atoms with Crippen LogP contribution in [0.1, 0.15) is 13.8 Å². The van der Waals surface area contributed by atoms with E-state index in [0.717, 1.165) is 10.7 Å². The average molecular weight is 340 g/mol. The van der Waals surface area contributed by atoms with Crippen molar-refractivity contribution in [2.75, 3.05) is 19.3 Å². The molecule has 0 aliphatic carbocycles. The van der Waals surface area contributed by atoms with Gasteiger partial charge in [-0.05, 0) is 18.4 Å². The van der Waals surface area contributed by atoms with Gasteiger partial charge in [-0.1, -0.05) is 37.7 Å². The van der Waals surface area contributed by atoms with Crippen LogP contribution in [0.25, 0.3) is 11.4 Å². The highest BCUT2D eigenvalue weighted by Gasteiger charge is 2.22. The monoisotopic (exact) mass is 340 g/mol. The maximum Gasteiger partial charge on any atom is 0.243 e. The van der Waals surface area contributed by atoms with Crippen LogP contribution >= 0.6 is 11.8 Å². The SMILES string of the molecule is CCN(CC)S(=O)(=O)c1cccc(-c2nnc(SC)n2C)c1. The number of aromatic nitrogens is 3. The molecule has 0 aliphatic rings. The molecule has 0 saturated heterocycles. The van der Waals surface area contributed by atoms with Crippen LogP contribution in [0, 0.1) is 0 Å². The number of nitrogens with zero attached hydrogens (tertiary/aromatic N) is 4. The zero-order chi connectivity index (χ0) is 16.3. The van der Waals surface area contributed by atoms with Crippen molar-refractivity contribution < 1.29 is 8.42 Å². The zero-order valence-corrected chi connectivity index (χ0v) is 14.8. The Kier molecular flexibility index (Phi) is 5.25. The van der Waals surface area contributed by atoms with Crippen molar-refractivity contribution in [3.63, 3.8) is 0 Å². The summed E-state index contributed by atoms with van der Waals surface area (Å²) < 4.78 is 28.5. The van der Waals surface area contributed by atoms with Gasteiger partial charge in [-0.3, -0.25) is 0 Å². The van der Waals surface area contributed by atoms with Gasteiger partial charge in [0.15, 0.2) is 11.0 Å². The van der Waals surface area contributed by atoms with E-state index in [0.29, 0.717) is 18.9 Å². The van der Waals surface area contributed by atoms with Gasteiger partial charge in [-0.15, -0.1) is 10.2 Å². The quantitative estimate of drug-likeness (QED) is 0.754. The standard InChI is InChI=1S/C14H20N4O2S2/c1-5-18(6-2)22(19,20)12-9-7-8-11(10-12)13-15-16-14(21-4)17(13)3/h7-10H,5-6H2,1-4H3. The molecule has 0 atom stereocenters. The lowest BCUT2D eigenvalue weighted by Crippen LogP contribution is -2.30. The number of hydrogen-bond acceptors (Lipinski definition) is 5. The molecule has 0 aliphatic heterocycles. The Balaban J connectivity index is 2.49. The third kappa shape index (κ3) is 3.04. The summed E-state index contributed by atoms with van der Waals surface area (Å²) in [7, 11) is -1.60. The maximum atomic E-state index is 12.6. The van der Waals surface area contributed by atoms with Crippen molar-refractivity contribution in [1.29, 1.82) is 0 Å². The van der Waals surface area contributed by atoms with Gasteiger partial charge in [0.2, 0.25) is 10.0 Å². The highest BCUT2D eigenvalue weighted by Crippen LogP contribution is 2.25. The molecule has 0 radical (unpaired) electrons. The van der Waals surface area contributed by atoms with Gasteiger partial charge in [0, 0.05) is 25.7 Å². The van der Waals surface area contributed by atoms with E-state index in [-0.39, 0.29) is 4.90 Å². The molecule has 0 spiro atoms. The fourth-order valence-electron chi connectivity index (χ4n) is 2.25. The van der Waals surface area contributed by atoms with E-state index in [1.54, 1.807) is 18.2 Å². The molecule has 1 aromatic carbocycles. The number of sulfonamides is 1. The summed E-state index contributed by atoms with van der Waals surface area (Å²) in [6.45, 7) is 4.56. The van der Waals surface area contributed by atoms with E-state index in [1.165, 1.54) is 16.1 Å². The van der Waals surface area contributed by atoms with Crippen LogP contribution in [-0.4, -0.2) is 46.8 Å². The summed E-state index contributed by atoms with van der Waals surface area (Å²) in [6, 6.07) is 6.85. The van der Waals surface area contributed by atoms with E-state index in [9.17, 15) is 8.42 Å². The Hall–Kier alpha value is -1.38. The Labute approximate surface area is 135 Å². The third-order valence-electron chi connectivity index (χ3n) is 3.45. The first-order valence-corrected chi connectivity index (χ1v) is 9.66. The van der Waals surface area contributed by atoms with Gasteiger partial charge in [-0.2, -0.15) is 4.31 Å². The van der Waals surface area contributed by atoms with Crippen LogP contribution in [0.5, 0.6) is 0 Å². The molecule has 1 heterocycles. The second-order valence-corrected chi connectivity index (χ2v) is 7.40. The second kappa shape index (κ2) is 6.80. The summed E-state index contributed by atoms with van der Waals surface area (Å²) in [6.07, 6.45) is 1.93. The van der Waals surface area contributed by atoms with Crippen molar-refractivity contribution in [3.05, 3.63) is 24.3 Å². The van der Waals surface area contributed by atoms with Crippen LogP contribution in [-0.2, 0) is 17.1 Å². The minimum atomic E-state index is -3.47. The zero-order valence-electron chi connectivity index (χ0n) is 13.1. The Morgan fingerprint density at radius 1 is 1.23 bits per heavy atom. The molecule has 22 heavy (non-hydrogen) atoms. The van der Waals surface area contributed by atoms with Crippen LogP contribution in [0.2, 0.25) is 0 Å². The number of rotatable bonds is 6. The van der Waals surface area contributed by atoms with Crippen molar-refractivity contribution in [3.8, 4) is 11.4 Å². The maximum absolute atomic E-state index is 12.6. The minimum absolute atomic E-state index is 0.280. The van der Waals surface area contributed by atoms with E-state index < -0.39 is 10.0 Å². The molecule has 0 fully saturated rings. The molecular weight excluding hydrogens is 320 g/mol. The summed E-state index contributed by atoms with van der Waals surface area (Å²) in [4.78, 5) is 0.280. The molecule has 120 valence electrons. The molecule has 0 amide bonds. The topological polar surface area (TPSA) is 68.1 Å². The first-order valence-electron chi connectivity index (χ1n) is 6.99. The molecule has 8 heteroatoms. The normalized spacial score (nSPS) is 12.0. The number of thioether (sulfide) groups is 1. The Bertz CT molecular complexity index is 752. The van der Waals surface area contributed by atoms with Gasteiger partial charge < -0.3 is 4.57 Å². The van der Waals surface area contributed by atoms with E-state index in [4.69, 9.17) is 0 Å². The molecule has 1 aromatic heterocycles. The number of benzene rings is 1. The first-order chi connectivity index (χ1) is 10.5. The van der Waals surface area contributed by atoms with E-state index in [1.807, 2.05) is 37.8 Å². The molecular formula is C14H20N4O2S2. The fourth-order valence-corrected chi connectivity index (χ4v) is 4.24. The summed E-state index contributed by atoms with van der Waals surface area (Å²) in [5, 5.41) is 9.02. The lowest BCUT2D eigenvalue weighted by molar-refractivity contribution is 0.445. The smallest absolute Gasteiger partial charge is 0.243 e. The highest BCUT2D eigenvalue weighted by atomic mass is 32.2. The van der Waals surface area contributed by atoms with Crippen molar-refractivity contribution in [2.24, 2.45) is 7.05 Å². The van der Waals surface area contributed by atoms with Crippen LogP contribution in [0.4, 0.5) is 0 Å². The lowest BCUT2D eigenvalue weighted by Gasteiger charge is -2.18. The molecule has 0 saturated carbocycles. The summed E-state index contributed by atoms with van der Waals surface area (Å²) in [5.41, 5.74) is 0.739. The molecule has 6 nitrogen and oxygen atoms in total. The molecule has 0 bridgehead atoms. The van der Waals surface area contributed by atoms with E-state index >= 15 is 0 Å². The van der Waals surface area contributed by atoms with Gasteiger partial charge >= 0.3 is 0 Å². The predicted octanol–water partition coefficient (Wildman–Crippen LogP) is 2.23. The lowest BCUT2D eigenvalue weighted by atomic mass is 10.2. The Morgan fingerprint density at radius 2 is 1.91 bits per heavy atom. The van der Waals surface area contributed by atoms with Crippen molar-refractivity contribution in [2.45, 2.75) is 23.9 Å². The molecule has 2 rings (SSSR count). The predicted molar refractivity (Wildman–Crippen MR) is 88.3 cm³/mol. The Morgan fingerprint density at radius 3 is 2.45 bits per heavy atom. The molecule has 0 N–H and O–H groups in total. The molecule has 2 aromatic rings. The summed E-state index contributed by atoms with van der Waals surface area (Å²) in [5.74, 6) is 0.654. The van der Waals surface area contributed by atoms with E-state index in [2.05, 4.69) is 10.2 Å². The number of hydrogen-bond donors (Lipinski definition) is 0. The third-order valence-corrected chi connectivity index (χ3v) is 6.22. The summed E-state index contributed by atoms with van der Waals surface area (Å²) >= 11 is 1.50. The van der Waals surface area contributed by atoms with Crippen LogP contribution in [0.15, 0.2) is 34.3 Å². The highest BCUT2D eigenvalue weighted by molar-refractivity contribution is 7.98. The van der Waals surface area contributed by atoms with Crippen LogP contribution < -0.4 is 0 Å². The first kappa shape index (κ1) is 17.0. The van der Waals surface area contributed by atoms with Crippen molar-refractivity contribution in [1.82, 2.24) is 19.1 Å². The average Bonchev–Trinajstić information content (AvgIpc) is 2.89. The largest absolute Gasteiger partial charge is 0.305 e. The van der Waals surface area contributed by atoms with Crippen LogP contribution in [0.3, 0.4) is 0 Å². The van der Waals surface area contributed by atoms with Gasteiger partial charge in [0.1, 0.15) is 0 Å². The van der Waals surface area contributed by atoms with Gasteiger partial charge in [0.25, 0.3) is 0 Å². The second-order valence-electron chi connectivity index (χ2n) is 4.69. The minimum Gasteiger partial charge on any atom is -0.305 e. The van der Waals surface area contributed by atoms with Crippen molar-refractivity contribution >= 4 is 21.8 Å². The van der Waals surface area contributed by atoms with Gasteiger partial charge in [0.05, 0.1) is 4.90 Å². The molecule has 0 unspecified atom stereocenters. The fraction of sp³-hybridized carbons (Fsp3) is 0.429.